The number of carboxylic acids is 1. The molecule has 1 aliphatic carbocycles. The minimum absolute atomic E-state index is 0.257. The molecule has 1 aromatic rings. The van der Waals surface area contributed by atoms with Gasteiger partial charge in [0.15, 0.2) is 0 Å². The van der Waals surface area contributed by atoms with E-state index >= 15 is 0 Å². The van der Waals surface area contributed by atoms with Gasteiger partial charge in [-0.05, 0) is 43.9 Å². The highest BCUT2D eigenvalue weighted by atomic mass is 16.5. The van der Waals surface area contributed by atoms with Crippen LogP contribution in [-0.4, -0.2) is 37.4 Å². The van der Waals surface area contributed by atoms with Crippen LogP contribution in [0.25, 0.3) is 0 Å². The van der Waals surface area contributed by atoms with E-state index < -0.39 is 5.97 Å². The molecular formula is C15H21NO4. The molecule has 2 atom stereocenters. The zero-order valence-corrected chi connectivity index (χ0v) is 11.9. The predicted molar refractivity (Wildman–Crippen MR) is 76.6 cm³/mol. The van der Waals surface area contributed by atoms with E-state index in [0.717, 1.165) is 31.4 Å². The van der Waals surface area contributed by atoms with Gasteiger partial charge in [-0.15, -0.1) is 0 Å². The van der Waals surface area contributed by atoms with Crippen LogP contribution in [0.15, 0.2) is 18.2 Å². The summed E-state index contributed by atoms with van der Waals surface area (Å²) in [5.41, 5.74) is 0.988. The summed E-state index contributed by atoms with van der Waals surface area (Å²) in [5.74, 6) is -0.274. The van der Waals surface area contributed by atoms with Gasteiger partial charge in [0.2, 0.25) is 0 Å². The standard InChI is InChI=1S/C15H21NO4/c1-19-12-5-3-4-11(9-12)16-13-8-10(15(17)18)6-7-14(13)20-2/h6-8,11-12,16H,3-5,9H2,1-2H3,(H,17,18). The van der Waals surface area contributed by atoms with Crippen molar-refractivity contribution in [2.75, 3.05) is 19.5 Å². The summed E-state index contributed by atoms with van der Waals surface area (Å²) in [5, 5.41) is 12.5. The first-order valence-electron chi connectivity index (χ1n) is 6.84. The molecule has 2 N–H and O–H groups in total. The Morgan fingerprint density at radius 3 is 2.80 bits per heavy atom. The van der Waals surface area contributed by atoms with Crippen molar-refractivity contribution in [3.05, 3.63) is 23.8 Å². The topological polar surface area (TPSA) is 67.8 Å². The Morgan fingerprint density at radius 1 is 1.35 bits per heavy atom. The molecule has 1 fully saturated rings. The largest absolute Gasteiger partial charge is 0.495 e. The third-order valence-electron chi connectivity index (χ3n) is 3.77. The normalized spacial score (nSPS) is 22.3. The van der Waals surface area contributed by atoms with Gasteiger partial charge in [-0.3, -0.25) is 0 Å². The van der Waals surface area contributed by atoms with Gasteiger partial charge >= 0.3 is 5.97 Å². The quantitative estimate of drug-likeness (QED) is 0.867. The highest BCUT2D eigenvalue weighted by Crippen LogP contribution is 2.30. The van der Waals surface area contributed by atoms with Crippen LogP contribution in [0.4, 0.5) is 5.69 Å². The molecule has 0 bridgehead atoms. The van der Waals surface area contributed by atoms with Gasteiger partial charge < -0.3 is 19.9 Å². The Morgan fingerprint density at radius 2 is 2.15 bits per heavy atom. The van der Waals surface area contributed by atoms with Crippen molar-refractivity contribution in [2.24, 2.45) is 0 Å². The highest BCUT2D eigenvalue weighted by Gasteiger charge is 2.22. The Bertz CT molecular complexity index is 475. The van der Waals surface area contributed by atoms with Crippen LogP contribution >= 0.6 is 0 Å². The maximum absolute atomic E-state index is 11.1. The Kier molecular flexibility index (Phi) is 4.84. The van der Waals surface area contributed by atoms with Gasteiger partial charge in [0.1, 0.15) is 5.75 Å². The maximum Gasteiger partial charge on any atom is 0.335 e. The fourth-order valence-electron chi connectivity index (χ4n) is 2.66. The lowest BCUT2D eigenvalue weighted by molar-refractivity contribution is 0.0667. The van der Waals surface area contributed by atoms with Gasteiger partial charge in [-0.1, -0.05) is 0 Å². The van der Waals surface area contributed by atoms with Crippen LogP contribution in [0.2, 0.25) is 0 Å². The molecule has 0 aromatic heterocycles. The molecule has 1 aliphatic rings. The van der Waals surface area contributed by atoms with Crippen molar-refractivity contribution in [3.63, 3.8) is 0 Å². The number of carboxylic acid groups (broad SMARTS) is 1. The lowest BCUT2D eigenvalue weighted by Gasteiger charge is -2.30. The summed E-state index contributed by atoms with van der Waals surface area (Å²) in [4.78, 5) is 11.1. The van der Waals surface area contributed by atoms with Crippen molar-refractivity contribution >= 4 is 11.7 Å². The van der Waals surface area contributed by atoms with E-state index in [1.807, 2.05) is 0 Å². The number of nitrogens with one attached hydrogen (secondary N) is 1. The molecule has 0 heterocycles. The number of carbonyl (C=O) groups is 1. The smallest absolute Gasteiger partial charge is 0.335 e. The monoisotopic (exact) mass is 279 g/mol. The third kappa shape index (κ3) is 3.42. The number of benzene rings is 1. The van der Waals surface area contributed by atoms with E-state index in [2.05, 4.69) is 5.32 Å². The highest BCUT2D eigenvalue weighted by molar-refractivity contribution is 5.89. The number of hydrogen-bond donors (Lipinski definition) is 2. The average molecular weight is 279 g/mol. The minimum atomic E-state index is -0.936. The lowest BCUT2D eigenvalue weighted by atomic mass is 9.92. The second-order valence-corrected chi connectivity index (χ2v) is 5.09. The molecule has 2 unspecified atom stereocenters. The van der Waals surface area contributed by atoms with Crippen LogP contribution < -0.4 is 10.1 Å². The van der Waals surface area contributed by atoms with Crippen molar-refractivity contribution < 1.29 is 19.4 Å². The van der Waals surface area contributed by atoms with E-state index in [-0.39, 0.29) is 17.7 Å². The van der Waals surface area contributed by atoms with E-state index in [0.29, 0.717) is 5.75 Å². The number of hydrogen-bond acceptors (Lipinski definition) is 4. The number of rotatable bonds is 5. The summed E-state index contributed by atoms with van der Waals surface area (Å²) in [6.07, 6.45) is 4.45. The van der Waals surface area contributed by atoms with Crippen molar-refractivity contribution in [2.45, 2.75) is 37.8 Å². The molecule has 0 radical (unpaired) electrons. The Balaban J connectivity index is 2.14. The summed E-state index contributed by atoms with van der Waals surface area (Å²) in [7, 11) is 3.32. The van der Waals surface area contributed by atoms with Crippen molar-refractivity contribution in [1.29, 1.82) is 0 Å². The predicted octanol–water partition coefficient (Wildman–Crippen LogP) is 2.76. The minimum Gasteiger partial charge on any atom is -0.495 e. The van der Waals surface area contributed by atoms with Crippen LogP contribution in [0.3, 0.4) is 0 Å². The molecule has 1 saturated carbocycles. The molecule has 1 aromatic carbocycles. The molecule has 0 saturated heterocycles. The van der Waals surface area contributed by atoms with Gasteiger partial charge in [-0.2, -0.15) is 0 Å². The molecule has 110 valence electrons. The van der Waals surface area contributed by atoms with E-state index in [1.165, 1.54) is 0 Å². The number of methoxy groups -OCH3 is 2. The summed E-state index contributed by atoms with van der Waals surface area (Å²) < 4.78 is 10.7. The molecule has 0 spiro atoms. The zero-order chi connectivity index (χ0) is 14.5. The fourth-order valence-corrected chi connectivity index (χ4v) is 2.66. The first kappa shape index (κ1) is 14.7. The van der Waals surface area contributed by atoms with Crippen LogP contribution in [0.5, 0.6) is 5.75 Å². The second-order valence-electron chi connectivity index (χ2n) is 5.09. The molecule has 0 aliphatic heterocycles. The first-order chi connectivity index (χ1) is 9.63. The molecule has 0 amide bonds. The average Bonchev–Trinajstić information content (AvgIpc) is 2.47. The first-order valence-corrected chi connectivity index (χ1v) is 6.84. The molecule has 20 heavy (non-hydrogen) atoms. The van der Waals surface area contributed by atoms with Crippen LogP contribution in [-0.2, 0) is 4.74 Å². The fraction of sp³-hybridized carbons (Fsp3) is 0.533. The van der Waals surface area contributed by atoms with E-state index in [4.69, 9.17) is 14.6 Å². The van der Waals surface area contributed by atoms with Crippen molar-refractivity contribution in [3.8, 4) is 5.75 Å². The number of aromatic carboxylic acids is 1. The summed E-state index contributed by atoms with van der Waals surface area (Å²) in [6.45, 7) is 0. The summed E-state index contributed by atoms with van der Waals surface area (Å²) >= 11 is 0. The van der Waals surface area contributed by atoms with Gasteiger partial charge in [0.05, 0.1) is 24.5 Å². The van der Waals surface area contributed by atoms with Gasteiger partial charge in [-0.25, -0.2) is 4.79 Å². The van der Waals surface area contributed by atoms with Crippen LogP contribution in [0, 0.1) is 0 Å². The van der Waals surface area contributed by atoms with Crippen molar-refractivity contribution in [1.82, 2.24) is 0 Å². The van der Waals surface area contributed by atoms with Crippen LogP contribution in [0.1, 0.15) is 36.0 Å². The van der Waals surface area contributed by atoms with E-state index in [9.17, 15) is 4.79 Å². The zero-order valence-electron chi connectivity index (χ0n) is 11.9. The SMILES string of the molecule is COc1ccc(C(=O)O)cc1NC1CCCC(OC)C1. The summed E-state index contributed by atoms with van der Waals surface area (Å²) in [6, 6.07) is 5.14. The molecular weight excluding hydrogens is 258 g/mol. The number of anilines is 1. The third-order valence-corrected chi connectivity index (χ3v) is 3.77. The van der Waals surface area contributed by atoms with Gasteiger partial charge in [0, 0.05) is 13.2 Å². The lowest BCUT2D eigenvalue weighted by Crippen LogP contribution is -2.31. The van der Waals surface area contributed by atoms with Gasteiger partial charge in [0.25, 0.3) is 0 Å². The maximum atomic E-state index is 11.1. The van der Waals surface area contributed by atoms with E-state index in [1.54, 1.807) is 32.4 Å². The molecule has 2 rings (SSSR count). The Hall–Kier alpha value is -1.75. The molecule has 5 heteroatoms. The second kappa shape index (κ2) is 6.61. The Labute approximate surface area is 118 Å². The number of ether oxygens (including phenoxy) is 2. The molecule has 5 nitrogen and oxygen atoms in total.